The molecule has 0 aliphatic heterocycles. The van der Waals surface area contributed by atoms with Crippen molar-refractivity contribution in [2.75, 3.05) is 0 Å². The third kappa shape index (κ3) is 2.35. The highest BCUT2D eigenvalue weighted by Gasteiger charge is 2.23. The minimum Gasteiger partial charge on any atom is -0.482 e. The number of carbonyl (C=O) groups excluding carboxylic acids is 1. The van der Waals surface area contributed by atoms with Crippen LogP contribution < -0.4 is 10.4 Å². The van der Waals surface area contributed by atoms with Gasteiger partial charge in [0, 0.05) is 5.56 Å². The molecule has 4 nitrogen and oxygen atoms in total. The molecule has 1 aromatic heterocycles. The van der Waals surface area contributed by atoms with Crippen molar-refractivity contribution >= 4 is 16.8 Å². The summed E-state index contributed by atoms with van der Waals surface area (Å²) in [6.45, 7) is 5.15. The van der Waals surface area contributed by atoms with E-state index in [4.69, 9.17) is 9.15 Å². The zero-order valence-electron chi connectivity index (χ0n) is 12.5. The fraction of sp³-hybridized carbons (Fsp3) is 0.412. The number of ketones is 1. The van der Waals surface area contributed by atoms with Crippen molar-refractivity contribution in [2.24, 2.45) is 0 Å². The Bertz CT molecular complexity index is 785. The van der Waals surface area contributed by atoms with Crippen molar-refractivity contribution in [3.63, 3.8) is 0 Å². The van der Waals surface area contributed by atoms with Crippen molar-refractivity contribution in [2.45, 2.75) is 46.1 Å². The van der Waals surface area contributed by atoms with E-state index in [2.05, 4.69) is 0 Å². The maximum absolute atomic E-state index is 12.0. The Morgan fingerprint density at radius 3 is 2.71 bits per heavy atom. The van der Waals surface area contributed by atoms with E-state index >= 15 is 0 Å². The van der Waals surface area contributed by atoms with Gasteiger partial charge in [-0.1, -0.05) is 0 Å². The van der Waals surface area contributed by atoms with Crippen LogP contribution in [0.2, 0.25) is 0 Å². The molecule has 3 rings (SSSR count). The zero-order valence-corrected chi connectivity index (χ0v) is 12.5. The van der Waals surface area contributed by atoms with E-state index in [0.717, 1.165) is 41.3 Å². The van der Waals surface area contributed by atoms with Crippen LogP contribution in [-0.2, 0) is 17.6 Å². The van der Waals surface area contributed by atoms with Crippen LogP contribution in [0.5, 0.6) is 5.75 Å². The summed E-state index contributed by atoms with van der Waals surface area (Å²) in [5.41, 5.74) is 3.02. The van der Waals surface area contributed by atoms with Gasteiger partial charge in [0.05, 0.1) is 5.39 Å². The van der Waals surface area contributed by atoms with Gasteiger partial charge >= 0.3 is 5.63 Å². The highest BCUT2D eigenvalue weighted by atomic mass is 16.5. The number of hydrogen-bond acceptors (Lipinski definition) is 4. The van der Waals surface area contributed by atoms with Gasteiger partial charge in [-0.05, 0) is 63.3 Å². The summed E-state index contributed by atoms with van der Waals surface area (Å²) in [7, 11) is 0. The van der Waals surface area contributed by atoms with Crippen LogP contribution in [0, 0.1) is 6.92 Å². The lowest BCUT2D eigenvalue weighted by Gasteiger charge is -2.16. The zero-order chi connectivity index (χ0) is 15.1. The highest BCUT2D eigenvalue weighted by Crippen LogP contribution is 2.35. The molecule has 0 amide bonds. The number of aryl methyl sites for hydroxylation is 2. The molecule has 21 heavy (non-hydrogen) atoms. The van der Waals surface area contributed by atoms with Gasteiger partial charge in [0.15, 0.2) is 11.9 Å². The van der Waals surface area contributed by atoms with Crippen LogP contribution in [0.3, 0.4) is 0 Å². The molecule has 0 unspecified atom stereocenters. The number of ether oxygens (including phenoxy) is 1. The standard InChI is InChI=1S/C17H18O4/c1-9-7-14(20-11(3)10(2)18)16-12-5-4-6-13(12)17(19)21-15(16)8-9/h7-8,11H,4-6H2,1-3H3/t11-/m0/s1. The first-order valence-electron chi connectivity index (χ1n) is 7.23. The van der Waals surface area contributed by atoms with E-state index in [1.165, 1.54) is 6.92 Å². The molecule has 1 aliphatic carbocycles. The maximum Gasteiger partial charge on any atom is 0.339 e. The van der Waals surface area contributed by atoms with Crippen molar-refractivity contribution in [1.82, 2.24) is 0 Å². The molecule has 1 aliphatic rings. The number of carbonyl (C=O) groups is 1. The second kappa shape index (κ2) is 5.02. The quantitative estimate of drug-likeness (QED) is 0.814. The number of hydrogen-bond donors (Lipinski definition) is 0. The van der Waals surface area contributed by atoms with Crippen molar-refractivity contribution in [3.8, 4) is 5.75 Å². The molecule has 0 spiro atoms. The van der Waals surface area contributed by atoms with Crippen molar-refractivity contribution in [1.29, 1.82) is 0 Å². The second-order valence-electron chi connectivity index (χ2n) is 5.71. The Labute approximate surface area is 122 Å². The molecule has 1 heterocycles. The number of benzene rings is 1. The molecule has 0 bridgehead atoms. The first kappa shape index (κ1) is 13.9. The fourth-order valence-corrected chi connectivity index (χ4v) is 2.87. The van der Waals surface area contributed by atoms with E-state index in [1.807, 2.05) is 19.1 Å². The molecule has 1 atom stereocenters. The summed E-state index contributed by atoms with van der Waals surface area (Å²) < 4.78 is 11.3. The largest absolute Gasteiger partial charge is 0.482 e. The first-order chi connectivity index (χ1) is 9.97. The minimum absolute atomic E-state index is 0.0290. The molecule has 0 saturated heterocycles. The number of rotatable bonds is 3. The molecule has 2 aromatic rings. The third-order valence-electron chi connectivity index (χ3n) is 4.06. The molecular formula is C17H18O4. The number of fused-ring (bicyclic) bond motifs is 3. The van der Waals surface area contributed by atoms with Crippen LogP contribution in [0.15, 0.2) is 21.3 Å². The van der Waals surface area contributed by atoms with E-state index in [9.17, 15) is 9.59 Å². The Morgan fingerprint density at radius 2 is 2.00 bits per heavy atom. The van der Waals surface area contributed by atoms with Gasteiger partial charge in [-0.2, -0.15) is 0 Å². The highest BCUT2D eigenvalue weighted by molar-refractivity contribution is 5.89. The summed E-state index contributed by atoms with van der Waals surface area (Å²) in [5, 5.41) is 0.848. The first-order valence-corrected chi connectivity index (χ1v) is 7.23. The van der Waals surface area contributed by atoms with E-state index in [0.29, 0.717) is 11.3 Å². The molecule has 0 radical (unpaired) electrons. The van der Waals surface area contributed by atoms with Crippen LogP contribution in [-0.4, -0.2) is 11.9 Å². The Hall–Kier alpha value is -2.10. The van der Waals surface area contributed by atoms with Gasteiger partial charge in [-0.3, -0.25) is 4.79 Å². The lowest BCUT2D eigenvalue weighted by molar-refractivity contribution is -0.122. The molecular weight excluding hydrogens is 268 g/mol. The van der Waals surface area contributed by atoms with Gasteiger partial charge in [0.2, 0.25) is 0 Å². The van der Waals surface area contributed by atoms with E-state index < -0.39 is 6.10 Å². The SMILES string of the molecule is CC(=O)[C@H](C)Oc1cc(C)cc2oc(=O)c3c(c12)CCC3. The second-order valence-corrected chi connectivity index (χ2v) is 5.71. The Morgan fingerprint density at radius 1 is 1.29 bits per heavy atom. The average molecular weight is 286 g/mol. The summed E-state index contributed by atoms with van der Waals surface area (Å²) >= 11 is 0. The van der Waals surface area contributed by atoms with Gasteiger partial charge in [0.25, 0.3) is 0 Å². The molecule has 4 heteroatoms. The summed E-state index contributed by atoms with van der Waals surface area (Å²) in [6.07, 6.45) is 2.04. The van der Waals surface area contributed by atoms with Gasteiger partial charge in [0.1, 0.15) is 11.3 Å². The summed E-state index contributed by atoms with van der Waals surface area (Å²) in [5.74, 6) is 0.605. The van der Waals surface area contributed by atoms with Crippen LogP contribution in [0.25, 0.3) is 11.0 Å². The molecule has 0 fully saturated rings. The van der Waals surface area contributed by atoms with Gasteiger partial charge in [-0.25, -0.2) is 4.79 Å². The molecule has 1 aromatic carbocycles. The minimum atomic E-state index is -0.515. The van der Waals surface area contributed by atoms with Crippen LogP contribution in [0.1, 0.15) is 37.0 Å². The van der Waals surface area contributed by atoms with Crippen molar-refractivity contribution < 1.29 is 13.9 Å². The predicted octanol–water partition coefficient (Wildman–Crippen LogP) is 2.95. The topological polar surface area (TPSA) is 56.5 Å². The fourth-order valence-electron chi connectivity index (χ4n) is 2.87. The van der Waals surface area contributed by atoms with Crippen molar-refractivity contribution in [3.05, 3.63) is 39.2 Å². The maximum atomic E-state index is 12.0. The number of Topliss-reactive ketones (excluding diaryl/α,β-unsaturated/α-hetero) is 1. The third-order valence-corrected chi connectivity index (χ3v) is 4.06. The Kier molecular flexibility index (Phi) is 3.32. The van der Waals surface area contributed by atoms with Gasteiger partial charge in [-0.15, -0.1) is 0 Å². The van der Waals surface area contributed by atoms with E-state index in [-0.39, 0.29) is 11.4 Å². The molecule has 110 valence electrons. The van der Waals surface area contributed by atoms with Crippen LogP contribution in [0.4, 0.5) is 0 Å². The monoisotopic (exact) mass is 286 g/mol. The smallest absolute Gasteiger partial charge is 0.339 e. The van der Waals surface area contributed by atoms with E-state index in [1.54, 1.807) is 6.92 Å². The summed E-state index contributed by atoms with van der Waals surface area (Å²) in [6, 6.07) is 3.75. The Balaban J connectivity index is 2.26. The van der Waals surface area contributed by atoms with Crippen LogP contribution >= 0.6 is 0 Å². The average Bonchev–Trinajstić information content (AvgIpc) is 2.87. The van der Waals surface area contributed by atoms with Gasteiger partial charge < -0.3 is 9.15 Å². The summed E-state index contributed by atoms with van der Waals surface area (Å²) in [4.78, 5) is 23.5. The predicted molar refractivity (Wildman–Crippen MR) is 80.0 cm³/mol. The normalized spacial score (nSPS) is 15.0. The lowest BCUT2D eigenvalue weighted by Crippen LogP contribution is -2.21. The molecule has 0 N–H and O–H groups in total. The molecule has 0 saturated carbocycles. The lowest BCUT2D eigenvalue weighted by atomic mass is 10.0.